The summed E-state index contributed by atoms with van der Waals surface area (Å²) in [5, 5.41) is 0. The van der Waals surface area contributed by atoms with Gasteiger partial charge in [0, 0.05) is 12.1 Å². The van der Waals surface area contributed by atoms with Crippen molar-refractivity contribution in [3.63, 3.8) is 0 Å². The zero-order valence-corrected chi connectivity index (χ0v) is 9.22. The van der Waals surface area contributed by atoms with Crippen LogP contribution in [0.5, 0.6) is 0 Å². The summed E-state index contributed by atoms with van der Waals surface area (Å²) in [7, 11) is 0. The molecule has 3 nitrogen and oxygen atoms in total. The van der Waals surface area contributed by atoms with Crippen LogP contribution in [0.25, 0.3) is 0 Å². The molecule has 0 aliphatic heterocycles. The molecule has 0 saturated heterocycles. The minimum atomic E-state index is 0.366. The zero-order valence-electron chi connectivity index (χ0n) is 9.22. The molecule has 0 saturated carbocycles. The van der Waals surface area contributed by atoms with Crippen LogP contribution in [0.2, 0.25) is 0 Å². The van der Waals surface area contributed by atoms with E-state index in [1.54, 1.807) is 0 Å². The van der Waals surface area contributed by atoms with Crippen LogP contribution in [0, 0.1) is 5.92 Å². The highest BCUT2D eigenvalue weighted by Gasteiger charge is 2.06. The van der Waals surface area contributed by atoms with E-state index in [0.29, 0.717) is 18.0 Å². The molecule has 5 N–H and O–H groups in total. The zero-order chi connectivity index (χ0) is 10.3. The van der Waals surface area contributed by atoms with Crippen LogP contribution in [-0.4, -0.2) is 12.1 Å². The molecule has 0 aliphatic carbocycles. The molecule has 0 rings (SSSR count). The van der Waals surface area contributed by atoms with E-state index in [0.717, 1.165) is 19.3 Å². The maximum Gasteiger partial charge on any atom is 0.0182 e. The first-order valence-corrected chi connectivity index (χ1v) is 5.28. The van der Waals surface area contributed by atoms with E-state index in [1.807, 2.05) is 0 Å². The van der Waals surface area contributed by atoms with Crippen LogP contribution in [0.15, 0.2) is 0 Å². The SMILES string of the molecule is CC(C)C[C@@H](N)CCCC(C)NN. The second kappa shape index (κ2) is 7.30. The van der Waals surface area contributed by atoms with Crippen LogP contribution in [0.3, 0.4) is 0 Å². The lowest BCUT2D eigenvalue weighted by Crippen LogP contribution is -2.32. The second-order valence-electron chi connectivity index (χ2n) is 4.39. The topological polar surface area (TPSA) is 64.1 Å². The molecule has 0 radical (unpaired) electrons. The molecule has 80 valence electrons. The van der Waals surface area contributed by atoms with Gasteiger partial charge < -0.3 is 5.73 Å². The second-order valence-corrected chi connectivity index (χ2v) is 4.39. The van der Waals surface area contributed by atoms with Gasteiger partial charge in [0.15, 0.2) is 0 Å². The van der Waals surface area contributed by atoms with Crippen LogP contribution in [0.4, 0.5) is 0 Å². The Morgan fingerprint density at radius 3 is 2.23 bits per heavy atom. The van der Waals surface area contributed by atoms with Crippen molar-refractivity contribution in [1.82, 2.24) is 5.43 Å². The van der Waals surface area contributed by atoms with Crippen molar-refractivity contribution < 1.29 is 0 Å². The van der Waals surface area contributed by atoms with E-state index in [-0.39, 0.29) is 0 Å². The van der Waals surface area contributed by atoms with Crippen molar-refractivity contribution in [3.8, 4) is 0 Å². The highest BCUT2D eigenvalue weighted by Crippen LogP contribution is 2.09. The number of hydrogen-bond donors (Lipinski definition) is 3. The van der Waals surface area contributed by atoms with Crippen molar-refractivity contribution in [2.24, 2.45) is 17.5 Å². The van der Waals surface area contributed by atoms with E-state index in [1.165, 1.54) is 6.42 Å². The van der Waals surface area contributed by atoms with Gasteiger partial charge in [-0.3, -0.25) is 11.3 Å². The van der Waals surface area contributed by atoms with Crippen LogP contribution >= 0.6 is 0 Å². The van der Waals surface area contributed by atoms with E-state index in [4.69, 9.17) is 11.6 Å². The number of nitrogens with two attached hydrogens (primary N) is 2. The molecule has 0 aromatic carbocycles. The van der Waals surface area contributed by atoms with Crippen molar-refractivity contribution in [2.75, 3.05) is 0 Å². The molecule has 0 aromatic heterocycles. The molecule has 2 atom stereocenters. The minimum Gasteiger partial charge on any atom is -0.328 e. The van der Waals surface area contributed by atoms with E-state index < -0.39 is 0 Å². The Hall–Kier alpha value is -0.120. The van der Waals surface area contributed by atoms with Crippen LogP contribution in [0.1, 0.15) is 46.5 Å². The van der Waals surface area contributed by atoms with E-state index in [2.05, 4.69) is 26.2 Å². The summed E-state index contributed by atoms with van der Waals surface area (Å²) in [4.78, 5) is 0. The number of hydrogen-bond acceptors (Lipinski definition) is 3. The fourth-order valence-electron chi connectivity index (χ4n) is 1.49. The van der Waals surface area contributed by atoms with Crippen molar-refractivity contribution in [1.29, 1.82) is 0 Å². The predicted octanol–water partition coefficient (Wildman–Crippen LogP) is 1.38. The summed E-state index contributed by atoms with van der Waals surface area (Å²) in [6.07, 6.45) is 4.52. The first kappa shape index (κ1) is 12.9. The molecule has 0 aliphatic rings. The Balaban J connectivity index is 3.31. The molecule has 0 amide bonds. The molecule has 0 fully saturated rings. The summed E-state index contributed by atoms with van der Waals surface area (Å²) in [6, 6.07) is 0.774. The van der Waals surface area contributed by atoms with Gasteiger partial charge in [-0.25, -0.2) is 0 Å². The predicted molar refractivity (Wildman–Crippen MR) is 58.1 cm³/mol. The number of hydrazine groups is 1. The Labute approximate surface area is 82.2 Å². The van der Waals surface area contributed by atoms with Gasteiger partial charge in [0.2, 0.25) is 0 Å². The van der Waals surface area contributed by atoms with E-state index in [9.17, 15) is 0 Å². The molecule has 13 heavy (non-hydrogen) atoms. The molecule has 0 heterocycles. The molecule has 0 bridgehead atoms. The Morgan fingerprint density at radius 2 is 1.77 bits per heavy atom. The minimum absolute atomic E-state index is 0.366. The van der Waals surface area contributed by atoms with Gasteiger partial charge in [-0.2, -0.15) is 0 Å². The molecule has 0 aromatic rings. The summed E-state index contributed by atoms with van der Waals surface area (Å²) in [6.45, 7) is 6.52. The standard InChI is InChI=1S/C10H25N3/c1-8(2)7-10(11)6-4-5-9(3)13-12/h8-10,13H,4-7,11-12H2,1-3H3/t9?,10-/m0/s1. The third kappa shape index (κ3) is 8.22. The summed E-state index contributed by atoms with van der Waals surface area (Å²) >= 11 is 0. The Morgan fingerprint density at radius 1 is 1.15 bits per heavy atom. The third-order valence-electron chi connectivity index (χ3n) is 2.27. The fraction of sp³-hybridized carbons (Fsp3) is 1.00. The van der Waals surface area contributed by atoms with Gasteiger partial charge in [0.1, 0.15) is 0 Å². The lowest BCUT2D eigenvalue weighted by atomic mass is 9.99. The van der Waals surface area contributed by atoms with Gasteiger partial charge in [-0.15, -0.1) is 0 Å². The summed E-state index contributed by atoms with van der Waals surface area (Å²) in [5.41, 5.74) is 8.69. The molecule has 0 spiro atoms. The Bertz CT molecular complexity index is 115. The molecule has 1 unspecified atom stereocenters. The average molecular weight is 187 g/mol. The maximum atomic E-state index is 5.95. The quantitative estimate of drug-likeness (QED) is 0.417. The molecule has 3 heteroatoms. The average Bonchev–Trinajstić information content (AvgIpc) is 2.02. The number of rotatable bonds is 7. The highest BCUT2D eigenvalue weighted by atomic mass is 15.2. The normalized spacial score (nSPS) is 16.2. The molecular formula is C10H25N3. The van der Waals surface area contributed by atoms with Gasteiger partial charge in [-0.05, 0) is 32.1 Å². The summed E-state index contributed by atoms with van der Waals surface area (Å²) in [5.74, 6) is 6.00. The van der Waals surface area contributed by atoms with Gasteiger partial charge in [0.05, 0.1) is 0 Å². The van der Waals surface area contributed by atoms with E-state index >= 15 is 0 Å². The molecular weight excluding hydrogens is 162 g/mol. The lowest BCUT2D eigenvalue weighted by molar-refractivity contribution is 0.433. The maximum absolute atomic E-state index is 5.95. The number of nitrogens with one attached hydrogen (secondary N) is 1. The van der Waals surface area contributed by atoms with Crippen LogP contribution < -0.4 is 17.0 Å². The first-order chi connectivity index (χ1) is 6.06. The highest BCUT2D eigenvalue weighted by molar-refractivity contribution is 4.65. The summed E-state index contributed by atoms with van der Waals surface area (Å²) < 4.78 is 0. The third-order valence-corrected chi connectivity index (χ3v) is 2.27. The first-order valence-electron chi connectivity index (χ1n) is 5.28. The Kier molecular flexibility index (Phi) is 7.23. The van der Waals surface area contributed by atoms with Crippen molar-refractivity contribution in [2.45, 2.75) is 58.5 Å². The van der Waals surface area contributed by atoms with Crippen molar-refractivity contribution in [3.05, 3.63) is 0 Å². The van der Waals surface area contributed by atoms with Gasteiger partial charge >= 0.3 is 0 Å². The lowest BCUT2D eigenvalue weighted by Gasteiger charge is -2.15. The monoisotopic (exact) mass is 187 g/mol. The largest absolute Gasteiger partial charge is 0.328 e. The van der Waals surface area contributed by atoms with Gasteiger partial charge in [0.25, 0.3) is 0 Å². The van der Waals surface area contributed by atoms with Gasteiger partial charge in [-0.1, -0.05) is 20.3 Å². The fourth-order valence-corrected chi connectivity index (χ4v) is 1.49. The smallest absolute Gasteiger partial charge is 0.0182 e. The van der Waals surface area contributed by atoms with Crippen molar-refractivity contribution >= 4 is 0 Å². The van der Waals surface area contributed by atoms with Crippen LogP contribution in [-0.2, 0) is 0 Å².